The van der Waals surface area contributed by atoms with Crippen molar-refractivity contribution in [1.82, 2.24) is 4.90 Å². The lowest BCUT2D eigenvalue weighted by atomic mass is 10.0. The summed E-state index contributed by atoms with van der Waals surface area (Å²) in [6.07, 6.45) is 0. The van der Waals surface area contributed by atoms with Crippen LogP contribution in [0.5, 0.6) is 0 Å². The number of rotatable bonds is 3. The second kappa shape index (κ2) is 5.00. The van der Waals surface area contributed by atoms with E-state index < -0.39 is 0 Å². The molecule has 0 saturated carbocycles. The molecule has 0 aromatic heterocycles. The zero-order chi connectivity index (χ0) is 12.3. The molecule has 2 aromatic carbocycles. The second-order valence-electron chi connectivity index (χ2n) is 4.05. The maximum absolute atomic E-state index is 8.29. The predicted molar refractivity (Wildman–Crippen MR) is 73.7 cm³/mol. The summed E-state index contributed by atoms with van der Waals surface area (Å²) in [7, 11) is 0. The Balaban J connectivity index is 2.52. The smallest absolute Gasteiger partial charge is 0.128 e. The van der Waals surface area contributed by atoms with Crippen LogP contribution in [0.25, 0.3) is 10.8 Å². The third kappa shape index (κ3) is 2.16. The Morgan fingerprint density at radius 3 is 2.35 bits per heavy atom. The van der Waals surface area contributed by atoms with Gasteiger partial charge in [0.15, 0.2) is 0 Å². The molecule has 0 aliphatic carbocycles. The molecule has 0 spiro atoms. The van der Waals surface area contributed by atoms with Gasteiger partial charge in [0.25, 0.3) is 0 Å². The number of nitrogens with zero attached hydrogens (tertiary/aromatic N) is 1. The molecule has 17 heavy (non-hydrogen) atoms. The van der Waals surface area contributed by atoms with E-state index in [1.165, 1.54) is 5.39 Å². The van der Waals surface area contributed by atoms with Gasteiger partial charge in [0, 0.05) is 18.7 Å². The lowest BCUT2D eigenvalue weighted by Gasteiger charge is -2.22. The Hall–Kier alpha value is -1.83. The largest absolute Gasteiger partial charge is 0.357 e. The molecule has 0 unspecified atom stereocenters. The van der Waals surface area contributed by atoms with Crippen LogP contribution in [0.1, 0.15) is 19.4 Å². The van der Waals surface area contributed by atoms with Gasteiger partial charge in [-0.05, 0) is 24.6 Å². The van der Waals surface area contributed by atoms with Gasteiger partial charge in [-0.3, -0.25) is 5.41 Å². The first kappa shape index (κ1) is 11.6. The van der Waals surface area contributed by atoms with E-state index in [0.29, 0.717) is 5.84 Å². The van der Waals surface area contributed by atoms with E-state index in [4.69, 9.17) is 5.41 Å². The second-order valence-corrected chi connectivity index (χ2v) is 4.05. The molecule has 0 radical (unpaired) electrons. The molecule has 88 valence electrons. The highest BCUT2D eigenvalue weighted by Gasteiger charge is 2.10. The Kier molecular flexibility index (Phi) is 3.43. The van der Waals surface area contributed by atoms with E-state index in [0.717, 1.165) is 24.0 Å². The van der Waals surface area contributed by atoms with Crippen LogP contribution in [0.2, 0.25) is 0 Å². The highest BCUT2D eigenvalue weighted by atomic mass is 15.2. The maximum Gasteiger partial charge on any atom is 0.128 e. The molecule has 0 saturated heterocycles. The molecule has 2 rings (SSSR count). The van der Waals surface area contributed by atoms with Crippen LogP contribution in [0.4, 0.5) is 0 Å². The fraction of sp³-hybridized carbons (Fsp3) is 0.267. The molecule has 0 amide bonds. The molecule has 2 aromatic rings. The van der Waals surface area contributed by atoms with E-state index in [1.807, 2.05) is 24.3 Å². The molecular formula is C15H18N2. The summed E-state index contributed by atoms with van der Waals surface area (Å²) in [5, 5.41) is 10.7. The Bertz CT molecular complexity index is 522. The topological polar surface area (TPSA) is 27.1 Å². The van der Waals surface area contributed by atoms with Crippen LogP contribution in [0.3, 0.4) is 0 Å². The summed E-state index contributed by atoms with van der Waals surface area (Å²) >= 11 is 0. The van der Waals surface area contributed by atoms with E-state index in [2.05, 4.69) is 36.9 Å². The third-order valence-electron chi connectivity index (χ3n) is 3.12. The van der Waals surface area contributed by atoms with Gasteiger partial charge in [0.1, 0.15) is 5.84 Å². The van der Waals surface area contributed by atoms with Crippen LogP contribution in [-0.4, -0.2) is 23.8 Å². The normalized spacial score (nSPS) is 10.5. The Morgan fingerprint density at radius 1 is 1.00 bits per heavy atom. The van der Waals surface area contributed by atoms with Gasteiger partial charge in [-0.1, -0.05) is 42.5 Å². The molecule has 0 aliphatic rings. The van der Waals surface area contributed by atoms with Gasteiger partial charge in [-0.15, -0.1) is 0 Å². The fourth-order valence-electron chi connectivity index (χ4n) is 2.14. The number of fused-ring (bicyclic) bond motifs is 1. The van der Waals surface area contributed by atoms with Crippen molar-refractivity contribution in [2.45, 2.75) is 13.8 Å². The van der Waals surface area contributed by atoms with Crippen molar-refractivity contribution in [2.24, 2.45) is 0 Å². The van der Waals surface area contributed by atoms with E-state index in [9.17, 15) is 0 Å². The summed E-state index contributed by atoms with van der Waals surface area (Å²) in [5.74, 6) is 0.617. The lowest BCUT2D eigenvalue weighted by Crippen LogP contribution is -2.30. The fourth-order valence-corrected chi connectivity index (χ4v) is 2.14. The quantitative estimate of drug-likeness (QED) is 0.629. The highest BCUT2D eigenvalue weighted by Crippen LogP contribution is 2.19. The van der Waals surface area contributed by atoms with Gasteiger partial charge in [0.2, 0.25) is 0 Å². The number of nitrogens with one attached hydrogen (secondary N) is 1. The van der Waals surface area contributed by atoms with E-state index in [-0.39, 0.29) is 0 Å². The molecule has 0 fully saturated rings. The Morgan fingerprint density at radius 2 is 1.65 bits per heavy atom. The summed E-state index contributed by atoms with van der Waals surface area (Å²) in [6.45, 7) is 5.92. The minimum Gasteiger partial charge on any atom is -0.357 e. The molecule has 0 atom stereocenters. The number of hydrogen-bond donors (Lipinski definition) is 1. The van der Waals surface area contributed by atoms with Gasteiger partial charge in [-0.2, -0.15) is 0 Å². The van der Waals surface area contributed by atoms with Crippen molar-refractivity contribution in [3.63, 3.8) is 0 Å². The van der Waals surface area contributed by atoms with Crippen LogP contribution < -0.4 is 0 Å². The average molecular weight is 226 g/mol. The van der Waals surface area contributed by atoms with E-state index in [1.54, 1.807) is 0 Å². The molecular weight excluding hydrogens is 208 g/mol. The number of amidine groups is 1. The van der Waals surface area contributed by atoms with Crippen LogP contribution in [-0.2, 0) is 0 Å². The average Bonchev–Trinajstić information content (AvgIpc) is 2.39. The first-order chi connectivity index (χ1) is 8.27. The third-order valence-corrected chi connectivity index (χ3v) is 3.12. The minimum atomic E-state index is 0.617. The van der Waals surface area contributed by atoms with Gasteiger partial charge >= 0.3 is 0 Å². The summed E-state index contributed by atoms with van der Waals surface area (Å²) in [5.41, 5.74) is 1.02. The highest BCUT2D eigenvalue weighted by molar-refractivity contribution is 6.08. The van der Waals surface area contributed by atoms with Crippen molar-refractivity contribution in [2.75, 3.05) is 13.1 Å². The lowest BCUT2D eigenvalue weighted by molar-refractivity contribution is 0.464. The zero-order valence-corrected chi connectivity index (χ0v) is 10.4. The van der Waals surface area contributed by atoms with Gasteiger partial charge in [0.05, 0.1) is 0 Å². The SMILES string of the molecule is CCN(CC)C(=N)c1cccc2ccccc12. The summed E-state index contributed by atoms with van der Waals surface area (Å²) in [4.78, 5) is 2.07. The van der Waals surface area contributed by atoms with Gasteiger partial charge < -0.3 is 4.90 Å². The molecule has 2 heteroatoms. The van der Waals surface area contributed by atoms with E-state index >= 15 is 0 Å². The zero-order valence-electron chi connectivity index (χ0n) is 10.4. The summed E-state index contributed by atoms with van der Waals surface area (Å²) in [6, 6.07) is 14.4. The molecule has 0 bridgehead atoms. The molecule has 1 N–H and O–H groups in total. The number of benzene rings is 2. The number of hydrogen-bond acceptors (Lipinski definition) is 1. The van der Waals surface area contributed by atoms with Crippen LogP contribution in [0, 0.1) is 5.41 Å². The van der Waals surface area contributed by atoms with Crippen LogP contribution >= 0.6 is 0 Å². The van der Waals surface area contributed by atoms with Crippen molar-refractivity contribution in [1.29, 1.82) is 5.41 Å². The molecule has 2 nitrogen and oxygen atoms in total. The van der Waals surface area contributed by atoms with Gasteiger partial charge in [-0.25, -0.2) is 0 Å². The van der Waals surface area contributed by atoms with Crippen molar-refractivity contribution in [3.8, 4) is 0 Å². The van der Waals surface area contributed by atoms with Crippen molar-refractivity contribution < 1.29 is 0 Å². The van der Waals surface area contributed by atoms with Crippen LogP contribution in [0.15, 0.2) is 42.5 Å². The first-order valence-corrected chi connectivity index (χ1v) is 6.09. The molecule has 0 heterocycles. The minimum absolute atomic E-state index is 0.617. The Labute approximate surface area is 102 Å². The van der Waals surface area contributed by atoms with Crippen molar-refractivity contribution in [3.05, 3.63) is 48.0 Å². The standard InChI is InChI=1S/C15H18N2/c1-3-17(4-2)15(16)14-11-7-9-12-8-5-6-10-13(12)14/h5-11,16H,3-4H2,1-2H3. The maximum atomic E-state index is 8.29. The monoisotopic (exact) mass is 226 g/mol. The summed E-state index contributed by atoms with van der Waals surface area (Å²) < 4.78 is 0. The molecule has 0 aliphatic heterocycles. The predicted octanol–water partition coefficient (Wildman–Crippen LogP) is 3.51. The van der Waals surface area contributed by atoms with Crippen molar-refractivity contribution >= 4 is 16.6 Å². The first-order valence-electron chi connectivity index (χ1n) is 6.09.